The van der Waals surface area contributed by atoms with Crippen molar-refractivity contribution in [3.63, 3.8) is 0 Å². The minimum absolute atomic E-state index is 0.301. The number of nitrogens with zero attached hydrogens (tertiary/aromatic N) is 2. The van der Waals surface area contributed by atoms with Gasteiger partial charge in [0.05, 0.1) is 9.86 Å². The average Bonchev–Trinajstić information content (AvgIpc) is 2.75. The van der Waals surface area contributed by atoms with E-state index in [-0.39, 0.29) is 0 Å². The molecule has 0 bridgehead atoms. The van der Waals surface area contributed by atoms with Crippen LogP contribution < -0.4 is 0 Å². The largest absolute Gasteiger partial charge is 0.298 e. The van der Waals surface area contributed by atoms with Gasteiger partial charge in [-0.05, 0) is 60.8 Å². The maximum Gasteiger partial charge on any atom is 0.0701 e. The van der Waals surface area contributed by atoms with Gasteiger partial charge in [0.2, 0.25) is 0 Å². The van der Waals surface area contributed by atoms with E-state index in [1.807, 2.05) is 11.3 Å². The molecule has 2 rings (SSSR count). The molecule has 0 N–H and O–H groups in total. The summed E-state index contributed by atoms with van der Waals surface area (Å²) in [7, 11) is 2.20. The molecule has 0 unspecified atom stereocenters. The molecule has 0 spiro atoms. The minimum Gasteiger partial charge on any atom is -0.298 e. The maximum absolute atomic E-state index is 8.89. The van der Waals surface area contributed by atoms with Crippen molar-refractivity contribution in [2.45, 2.75) is 38.3 Å². The van der Waals surface area contributed by atoms with Crippen molar-refractivity contribution >= 4 is 27.3 Å². The number of nitriles is 1. The molecule has 1 saturated carbocycles. The fourth-order valence-corrected chi connectivity index (χ4v) is 4.00. The Balaban J connectivity index is 1.85. The van der Waals surface area contributed by atoms with E-state index < -0.39 is 0 Å². The Kier molecular flexibility index (Phi) is 4.61. The van der Waals surface area contributed by atoms with Crippen molar-refractivity contribution in [3.05, 3.63) is 20.8 Å². The van der Waals surface area contributed by atoms with Gasteiger partial charge in [-0.1, -0.05) is 0 Å². The van der Waals surface area contributed by atoms with Crippen LogP contribution >= 0.6 is 27.3 Å². The lowest BCUT2D eigenvalue weighted by molar-refractivity contribution is 0.173. The first kappa shape index (κ1) is 13.1. The van der Waals surface area contributed by atoms with Gasteiger partial charge < -0.3 is 0 Å². The topological polar surface area (TPSA) is 27.0 Å². The normalized spacial score (nSPS) is 24.8. The van der Waals surface area contributed by atoms with Crippen LogP contribution in [-0.4, -0.2) is 18.0 Å². The summed E-state index contributed by atoms with van der Waals surface area (Å²) in [6, 6.07) is 7.35. The average molecular weight is 313 g/mol. The van der Waals surface area contributed by atoms with Crippen molar-refractivity contribution in [1.29, 1.82) is 5.26 Å². The first-order chi connectivity index (χ1) is 8.19. The van der Waals surface area contributed by atoms with Gasteiger partial charge in [0, 0.05) is 23.4 Å². The van der Waals surface area contributed by atoms with Crippen molar-refractivity contribution in [2.75, 3.05) is 7.05 Å². The summed E-state index contributed by atoms with van der Waals surface area (Å²) < 4.78 is 1.20. The molecule has 0 aromatic carbocycles. The highest BCUT2D eigenvalue weighted by atomic mass is 79.9. The summed E-state index contributed by atoms with van der Waals surface area (Å²) in [5.41, 5.74) is 0. The highest BCUT2D eigenvalue weighted by Crippen LogP contribution is 2.29. The monoisotopic (exact) mass is 312 g/mol. The predicted molar refractivity (Wildman–Crippen MR) is 74.8 cm³/mol. The number of thiophene rings is 1. The van der Waals surface area contributed by atoms with Crippen LogP contribution in [0.15, 0.2) is 15.9 Å². The zero-order chi connectivity index (χ0) is 12.3. The summed E-state index contributed by atoms with van der Waals surface area (Å²) in [5, 5.41) is 8.89. The van der Waals surface area contributed by atoms with E-state index in [2.05, 4.69) is 46.1 Å². The second-order valence-corrected chi connectivity index (χ2v) is 7.30. The first-order valence-corrected chi connectivity index (χ1v) is 7.64. The van der Waals surface area contributed by atoms with Gasteiger partial charge >= 0.3 is 0 Å². The molecule has 1 fully saturated rings. The molecule has 0 saturated heterocycles. The van der Waals surface area contributed by atoms with Gasteiger partial charge in [0.1, 0.15) is 0 Å². The van der Waals surface area contributed by atoms with E-state index >= 15 is 0 Å². The zero-order valence-corrected chi connectivity index (χ0v) is 12.4. The zero-order valence-electron chi connectivity index (χ0n) is 10.0. The lowest BCUT2D eigenvalue weighted by atomic mass is 9.86. The molecule has 17 heavy (non-hydrogen) atoms. The van der Waals surface area contributed by atoms with E-state index in [4.69, 9.17) is 5.26 Å². The minimum atomic E-state index is 0.301. The molecular weight excluding hydrogens is 296 g/mol. The Bertz CT molecular complexity index is 402. The lowest BCUT2D eigenvalue weighted by Crippen LogP contribution is -2.34. The van der Waals surface area contributed by atoms with E-state index in [0.717, 1.165) is 19.4 Å². The molecule has 0 radical (unpaired) electrons. The molecule has 4 heteroatoms. The molecule has 2 nitrogen and oxygen atoms in total. The molecule has 0 amide bonds. The third-order valence-corrected chi connectivity index (χ3v) is 5.15. The highest BCUT2D eigenvalue weighted by molar-refractivity contribution is 9.11. The highest BCUT2D eigenvalue weighted by Gasteiger charge is 2.23. The van der Waals surface area contributed by atoms with Crippen LogP contribution in [0.3, 0.4) is 0 Å². The number of halogens is 1. The van der Waals surface area contributed by atoms with Gasteiger partial charge in [-0.25, -0.2) is 0 Å². The lowest BCUT2D eigenvalue weighted by Gasteiger charge is -2.32. The van der Waals surface area contributed by atoms with Crippen LogP contribution in [0.25, 0.3) is 0 Å². The first-order valence-electron chi connectivity index (χ1n) is 6.03. The quantitative estimate of drug-likeness (QED) is 0.842. The van der Waals surface area contributed by atoms with Crippen LogP contribution in [0.4, 0.5) is 0 Å². The van der Waals surface area contributed by atoms with Crippen LogP contribution in [0.5, 0.6) is 0 Å². The molecule has 1 aliphatic carbocycles. The van der Waals surface area contributed by atoms with Crippen molar-refractivity contribution in [3.8, 4) is 6.07 Å². The standard InChI is InChI=1S/C13H17BrN2S/c1-16(9-12-6-7-13(14)17-12)11-4-2-10(8-15)3-5-11/h6-7,10-11H,2-5,9H2,1H3. The smallest absolute Gasteiger partial charge is 0.0701 e. The van der Waals surface area contributed by atoms with Crippen LogP contribution in [0, 0.1) is 17.2 Å². The van der Waals surface area contributed by atoms with Crippen LogP contribution in [0.2, 0.25) is 0 Å². The van der Waals surface area contributed by atoms with Crippen molar-refractivity contribution in [2.24, 2.45) is 5.92 Å². The molecule has 0 aliphatic heterocycles. The summed E-state index contributed by atoms with van der Waals surface area (Å²) >= 11 is 5.31. The van der Waals surface area contributed by atoms with Crippen LogP contribution in [-0.2, 0) is 6.54 Å². The van der Waals surface area contributed by atoms with Gasteiger partial charge in [-0.15, -0.1) is 11.3 Å². The van der Waals surface area contributed by atoms with E-state index in [9.17, 15) is 0 Å². The number of hydrogen-bond donors (Lipinski definition) is 0. The summed E-state index contributed by atoms with van der Waals surface area (Å²) in [6.45, 7) is 1.03. The van der Waals surface area contributed by atoms with Crippen LogP contribution in [0.1, 0.15) is 30.6 Å². The second-order valence-electron chi connectivity index (χ2n) is 4.76. The summed E-state index contributed by atoms with van der Waals surface area (Å²) in [4.78, 5) is 3.84. The number of rotatable bonds is 3. The van der Waals surface area contributed by atoms with Crippen molar-refractivity contribution < 1.29 is 0 Å². The van der Waals surface area contributed by atoms with E-state index in [1.54, 1.807) is 0 Å². The van der Waals surface area contributed by atoms with E-state index in [1.165, 1.54) is 21.5 Å². The Hall–Kier alpha value is -0.370. The Morgan fingerprint density at radius 2 is 2.12 bits per heavy atom. The third-order valence-electron chi connectivity index (χ3n) is 3.54. The Labute approximate surface area is 115 Å². The van der Waals surface area contributed by atoms with Crippen molar-refractivity contribution in [1.82, 2.24) is 4.90 Å². The Morgan fingerprint density at radius 3 is 2.65 bits per heavy atom. The molecule has 0 atom stereocenters. The fraction of sp³-hybridized carbons (Fsp3) is 0.615. The predicted octanol–water partition coefficient (Wildman–Crippen LogP) is 4.02. The molecule has 1 aliphatic rings. The molecule has 92 valence electrons. The van der Waals surface area contributed by atoms with Gasteiger partial charge in [0.15, 0.2) is 0 Å². The second kappa shape index (κ2) is 5.99. The molecule has 1 aromatic rings. The number of hydrogen-bond acceptors (Lipinski definition) is 3. The molecule has 1 aromatic heterocycles. The molecule has 1 heterocycles. The van der Waals surface area contributed by atoms with Gasteiger partial charge in [-0.2, -0.15) is 5.26 Å². The maximum atomic E-state index is 8.89. The van der Waals surface area contributed by atoms with Gasteiger partial charge in [-0.3, -0.25) is 4.90 Å². The third kappa shape index (κ3) is 3.54. The van der Waals surface area contributed by atoms with Gasteiger partial charge in [0.25, 0.3) is 0 Å². The SMILES string of the molecule is CN(Cc1ccc(Br)s1)C1CCC(C#N)CC1. The fourth-order valence-electron chi connectivity index (χ4n) is 2.46. The molecular formula is C13H17BrN2S. The van der Waals surface area contributed by atoms with E-state index in [0.29, 0.717) is 12.0 Å². The summed E-state index contributed by atoms with van der Waals surface area (Å²) in [5.74, 6) is 0.301. The Morgan fingerprint density at radius 1 is 1.41 bits per heavy atom. The summed E-state index contributed by atoms with van der Waals surface area (Å²) in [6.07, 6.45) is 4.47.